The molecule has 9 heteroatoms. The highest BCUT2D eigenvalue weighted by Gasteiger charge is 2.38. The summed E-state index contributed by atoms with van der Waals surface area (Å²) >= 11 is 8.02. The fourth-order valence-corrected chi connectivity index (χ4v) is 5.63. The van der Waals surface area contributed by atoms with Gasteiger partial charge >= 0.3 is 0 Å². The van der Waals surface area contributed by atoms with Gasteiger partial charge in [0.15, 0.2) is 5.82 Å². The molecular weight excluding hydrogens is 458 g/mol. The van der Waals surface area contributed by atoms with Crippen molar-refractivity contribution in [2.24, 2.45) is 11.3 Å². The fourth-order valence-electron chi connectivity index (χ4n) is 4.58. The van der Waals surface area contributed by atoms with Crippen molar-refractivity contribution in [1.82, 2.24) is 15.0 Å². The molecule has 1 spiro atoms. The van der Waals surface area contributed by atoms with Crippen LogP contribution in [0.15, 0.2) is 28.4 Å². The molecule has 2 aromatic rings. The summed E-state index contributed by atoms with van der Waals surface area (Å²) in [7, 11) is 0. The van der Waals surface area contributed by atoms with Gasteiger partial charge in [0, 0.05) is 49.9 Å². The second kappa shape index (κ2) is 10.1. The quantitative estimate of drug-likeness (QED) is 0.652. The Morgan fingerprint density at radius 3 is 2.67 bits per heavy atom. The summed E-state index contributed by atoms with van der Waals surface area (Å²) in [4.78, 5) is 16.7. The molecular formula is C24H28ClN5O2S. The molecule has 2 N–H and O–H groups in total. The number of aromatic nitrogens is 3. The molecule has 0 amide bonds. The van der Waals surface area contributed by atoms with Crippen molar-refractivity contribution in [3.8, 4) is 11.8 Å². The Bertz CT molecular complexity index is 1050. The van der Waals surface area contributed by atoms with Crippen LogP contribution in [-0.4, -0.2) is 54.5 Å². The van der Waals surface area contributed by atoms with Crippen molar-refractivity contribution in [2.45, 2.75) is 42.0 Å². The standard InChI is InChI=1S/C24H28ClN5O2S/c25-21-18(2-1-17-4-12-31-13-5-17)27-9-3-19(21)33-23-22(26)29-20(15-28-23)30-10-6-24(7-11-30)8-14-32-16-24/h3,9,15,17H,4-8,10-14,16H2,(H2,26,29). The van der Waals surface area contributed by atoms with Crippen LogP contribution in [0.5, 0.6) is 0 Å². The number of hydrogen-bond donors (Lipinski definition) is 1. The van der Waals surface area contributed by atoms with E-state index in [2.05, 4.69) is 31.7 Å². The zero-order valence-corrected chi connectivity index (χ0v) is 20.1. The lowest BCUT2D eigenvalue weighted by molar-refractivity contribution is 0.0807. The molecule has 0 radical (unpaired) electrons. The first-order valence-corrected chi connectivity index (χ1v) is 12.7. The molecule has 3 aliphatic rings. The summed E-state index contributed by atoms with van der Waals surface area (Å²) in [6.07, 6.45) is 8.83. The van der Waals surface area contributed by atoms with Crippen LogP contribution >= 0.6 is 23.4 Å². The van der Waals surface area contributed by atoms with Gasteiger partial charge in [-0.15, -0.1) is 0 Å². The van der Waals surface area contributed by atoms with Crippen LogP contribution in [-0.2, 0) is 9.47 Å². The first-order chi connectivity index (χ1) is 16.1. The zero-order chi connectivity index (χ0) is 22.7. The highest BCUT2D eigenvalue weighted by atomic mass is 35.5. The molecule has 0 atom stereocenters. The van der Waals surface area contributed by atoms with Crippen LogP contribution in [0.2, 0.25) is 5.02 Å². The van der Waals surface area contributed by atoms with Gasteiger partial charge in [0.25, 0.3) is 0 Å². The summed E-state index contributed by atoms with van der Waals surface area (Å²) in [6.45, 7) is 5.20. The minimum Gasteiger partial charge on any atom is -0.381 e. The first-order valence-electron chi connectivity index (χ1n) is 11.5. The maximum atomic E-state index is 6.62. The van der Waals surface area contributed by atoms with Crippen molar-refractivity contribution in [3.05, 3.63) is 29.2 Å². The van der Waals surface area contributed by atoms with Crippen LogP contribution in [0.3, 0.4) is 0 Å². The number of nitrogens with zero attached hydrogens (tertiary/aromatic N) is 4. The van der Waals surface area contributed by atoms with Gasteiger partial charge in [-0.25, -0.2) is 15.0 Å². The van der Waals surface area contributed by atoms with E-state index in [-0.39, 0.29) is 0 Å². The van der Waals surface area contributed by atoms with Gasteiger partial charge in [-0.1, -0.05) is 29.3 Å². The Morgan fingerprint density at radius 1 is 1.12 bits per heavy atom. The summed E-state index contributed by atoms with van der Waals surface area (Å²) in [5.41, 5.74) is 7.23. The maximum Gasteiger partial charge on any atom is 0.158 e. The predicted octanol–water partition coefficient (Wildman–Crippen LogP) is 4.04. The molecule has 3 saturated heterocycles. The van der Waals surface area contributed by atoms with E-state index < -0.39 is 0 Å². The topological polar surface area (TPSA) is 86.4 Å². The predicted molar refractivity (Wildman–Crippen MR) is 130 cm³/mol. The third kappa shape index (κ3) is 5.22. The molecule has 5 rings (SSSR count). The van der Waals surface area contributed by atoms with Crippen LogP contribution in [0.25, 0.3) is 0 Å². The van der Waals surface area contributed by atoms with E-state index in [9.17, 15) is 0 Å². The average molecular weight is 486 g/mol. The number of piperidine rings is 1. The molecule has 7 nitrogen and oxygen atoms in total. The largest absolute Gasteiger partial charge is 0.381 e. The SMILES string of the molecule is Nc1nc(N2CCC3(CCOC3)CC2)cnc1Sc1ccnc(C#CC2CCOCC2)c1Cl. The lowest BCUT2D eigenvalue weighted by atomic mass is 9.78. The number of hydrogen-bond acceptors (Lipinski definition) is 8. The number of anilines is 2. The van der Waals surface area contributed by atoms with Gasteiger partial charge in [-0.2, -0.15) is 0 Å². The van der Waals surface area contributed by atoms with Gasteiger partial charge in [0.2, 0.25) is 0 Å². The number of ether oxygens (including phenoxy) is 2. The molecule has 0 bridgehead atoms. The Kier molecular flexibility index (Phi) is 6.93. The highest BCUT2D eigenvalue weighted by molar-refractivity contribution is 7.99. The third-order valence-corrected chi connectivity index (χ3v) is 8.32. The van der Waals surface area contributed by atoms with Gasteiger partial charge in [-0.05, 0) is 49.5 Å². The normalized spacial score (nSPS) is 20.6. The number of nitrogens with two attached hydrogens (primary N) is 1. The Hall–Kier alpha value is -2.05. The molecule has 5 heterocycles. The van der Waals surface area contributed by atoms with Crippen molar-refractivity contribution in [1.29, 1.82) is 0 Å². The molecule has 3 fully saturated rings. The lowest BCUT2D eigenvalue weighted by Gasteiger charge is -2.38. The summed E-state index contributed by atoms with van der Waals surface area (Å²) in [5.74, 6) is 8.00. The Balaban J connectivity index is 1.26. The van der Waals surface area contributed by atoms with E-state index in [1.54, 1.807) is 6.20 Å². The molecule has 174 valence electrons. The second-order valence-corrected chi connectivity index (χ2v) is 10.3. The zero-order valence-electron chi connectivity index (χ0n) is 18.6. The van der Waals surface area contributed by atoms with Crippen LogP contribution in [0.4, 0.5) is 11.6 Å². The van der Waals surface area contributed by atoms with Crippen molar-refractivity contribution >= 4 is 35.0 Å². The molecule has 2 aromatic heterocycles. The van der Waals surface area contributed by atoms with Gasteiger partial charge in [0.1, 0.15) is 16.5 Å². The highest BCUT2D eigenvalue weighted by Crippen LogP contribution is 2.40. The fraction of sp³-hybridized carbons (Fsp3) is 0.542. The lowest BCUT2D eigenvalue weighted by Crippen LogP contribution is -2.41. The minimum atomic E-state index is 0.327. The van der Waals surface area contributed by atoms with E-state index in [0.29, 0.717) is 32.9 Å². The smallest absolute Gasteiger partial charge is 0.158 e. The van der Waals surface area contributed by atoms with E-state index in [4.69, 9.17) is 26.8 Å². The third-order valence-electron chi connectivity index (χ3n) is 6.76. The maximum absolute atomic E-state index is 6.62. The summed E-state index contributed by atoms with van der Waals surface area (Å²) in [5, 5.41) is 1.15. The minimum absolute atomic E-state index is 0.327. The van der Waals surface area contributed by atoms with Crippen LogP contribution in [0.1, 0.15) is 37.8 Å². The molecule has 0 aromatic carbocycles. The van der Waals surface area contributed by atoms with Crippen LogP contribution < -0.4 is 10.6 Å². The monoisotopic (exact) mass is 485 g/mol. The molecule has 3 aliphatic heterocycles. The Morgan fingerprint density at radius 2 is 1.94 bits per heavy atom. The summed E-state index contributed by atoms with van der Waals surface area (Å²) < 4.78 is 11.0. The van der Waals surface area contributed by atoms with Gasteiger partial charge in [-0.3, -0.25) is 0 Å². The van der Waals surface area contributed by atoms with E-state index >= 15 is 0 Å². The molecule has 33 heavy (non-hydrogen) atoms. The van der Waals surface area contributed by atoms with Crippen LogP contribution in [0, 0.1) is 23.2 Å². The van der Waals surface area contributed by atoms with E-state index in [1.807, 2.05) is 12.3 Å². The van der Waals surface area contributed by atoms with E-state index in [0.717, 1.165) is 75.9 Å². The number of pyridine rings is 1. The van der Waals surface area contributed by atoms with Crippen molar-refractivity contribution < 1.29 is 9.47 Å². The number of rotatable bonds is 3. The molecule has 0 aliphatic carbocycles. The first kappa shape index (κ1) is 22.7. The van der Waals surface area contributed by atoms with Gasteiger partial charge in [0.05, 0.1) is 17.8 Å². The molecule has 0 saturated carbocycles. The van der Waals surface area contributed by atoms with Crippen molar-refractivity contribution in [2.75, 3.05) is 50.2 Å². The number of nitrogen functional groups attached to an aromatic ring is 1. The second-order valence-electron chi connectivity index (χ2n) is 8.94. The van der Waals surface area contributed by atoms with E-state index in [1.165, 1.54) is 18.2 Å². The summed E-state index contributed by atoms with van der Waals surface area (Å²) in [6, 6.07) is 1.86. The Labute approximate surface area is 203 Å². The van der Waals surface area contributed by atoms with Crippen molar-refractivity contribution in [3.63, 3.8) is 0 Å². The van der Waals surface area contributed by atoms with Gasteiger partial charge < -0.3 is 20.1 Å². The number of halogens is 1. The molecule has 0 unspecified atom stereocenters. The average Bonchev–Trinajstić information content (AvgIpc) is 3.30.